The number of nitrogens with zero attached hydrogens (tertiary/aromatic N) is 1. The van der Waals surface area contributed by atoms with Crippen LogP contribution >= 0.6 is 0 Å². The maximum atomic E-state index is 6.34. The lowest BCUT2D eigenvalue weighted by atomic mass is 9.92. The van der Waals surface area contributed by atoms with Gasteiger partial charge in [-0.2, -0.15) is 0 Å². The quantitative estimate of drug-likeness (QED) is 0.347. The maximum Gasteiger partial charge on any atom is 0.140 e. The van der Waals surface area contributed by atoms with Crippen molar-refractivity contribution < 1.29 is 8.83 Å². The molecule has 5 aromatic rings. The van der Waals surface area contributed by atoms with E-state index in [0.29, 0.717) is 0 Å². The summed E-state index contributed by atoms with van der Waals surface area (Å²) in [6.07, 6.45) is 6.87. The Morgan fingerprint density at radius 3 is 2.31 bits per heavy atom. The molecule has 0 amide bonds. The van der Waals surface area contributed by atoms with Crippen molar-refractivity contribution in [3.05, 3.63) is 72.4 Å². The molecular weight excluding hydrogens is 322 g/mol. The molecular formula is C23H15NO2. The van der Waals surface area contributed by atoms with Crippen molar-refractivity contribution in [3.63, 3.8) is 0 Å². The number of fused-ring (bicyclic) bond motifs is 7. The van der Waals surface area contributed by atoms with Gasteiger partial charge >= 0.3 is 0 Å². The molecule has 26 heavy (non-hydrogen) atoms. The molecule has 0 fully saturated rings. The first-order chi connectivity index (χ1) is 12.9. The molecule has 124 valence electrons. The fourth-order valence-corrected chi connectivity index (χ4v) is 4.09. The lowest BCUT2D eigenvalue weighted by Gasteiger charge is -2.13. The lowest BCUT2D eigenvalue weighted by molar-refractivity contribution is 0.654. The number of aliphatic imine (C=N–C) groups is 1. The van der Waals surface area contributed by atoms with E-state index in [1.54, 1.807) is 0 Å². The van der Waals surface area contributed by atoms with Crippen LogP contribution in [0.5, 0.6) is 0 Å². The van der Waals surface area contributed by atoms with Crippen LogP contribution in [0.25, 0.3) is 43.9 Å². The van der Waals surface area contributed by atoms with E-state index in [1.807, 2.05) is 36.7 Å². The van der Waals surface area contributed by atoms with Gasteiger partial charge in [-0.05, 0) is 24.6 Å². The Kier molecular flexibility index (Phi) is 2.72. The fraction of sp³-hybridized carbons (Fsp3) is 0.0870. The minimum atomic E-state index is 0.195. The van der Waals surface area contributed by atoms with Crippen LogP contribution in [0.3, 0.4) is 0 Å². The zero-order chi connectivity index (χ0) is 17.1. The number of hydrogen-bond acceptors (Lipinski definition) is 3. The highest BCUT2D eigenvalue weighted by Gasteiger charge is 2.23. The number of hydrogen-bond donors (Lipinski definition) is 0. The molecule has 3 nitrogen and oxygen atoms in total. The summed E-state index contributed by atoms with van der Waals surface area (Å²) in [4.78, 5) is 4.34. The summed E-state index contributed by atoms with van der Waals surface area (Å²) in [5.74, 6) is 0.195. The molecule has 0 N–H and O–H groups in total. The smallest absolute Gasteiger partial charge is 0.140 e. The largest absolute Gasteiger partial charge is 0.456 e. The summed E-state index contributed by atoms with van der Waals surface area (Å²) in [5, 5.41) is 4.53. The van der Waals surface area contributed by atoms with Gasteiger partial charge in [-0.25, -0.2) is 0 Å². The summed E-state index contributed by atoms with van der Waals surface area (Å²) in [6.45, 7) is 0. The van der Waals surface area contributed by atoms with Crippen molar-refractivity contribution in [1.82, 2.24) is 0 Å². The Bertz CT molecular complexity index is 1370. The summed E-state index contributed by atoms with van der Waals surface area (Å²) < 4.78 is 12.5. The van der Waals surface area contributed by atoms with Gasteiger partial charge in [0, 0.05) is 45.4 Å². The van der Waals surface area contributed by atoms with E-state index in [0.717, 1.165) is 55.9 Å². The third-order valence-corrected chi connectivity index (χ3v) is 5.26. The van der Waals surface area contributed by atoms with Crippen LogP contribution in [-0.2, 0) is 0 Å². The van der Waals surface area contributed by atoms with Crippen molar-refractivity contribution in [2.24, 2.45) is 4.99 Å². The molecule has 1 aliphatic heterocycles. The first kappa shape index (κ1) is 13.9. The van der Waals surface area contributed by atoms with Gasteiger partial charge in [0.25, 0.3) is 0 Å². The molecule has 2 aromatic heterocycles. The predicted molar refractivity (Wildman–Crippen MR) is 106 cm³/mol. The van der Waals surface area contributed by atoms with E-state index in [-0.39, 0.29) is 5.92 Å². The molecule has 0 radical (unpaired) electrons. The zero-order valence-corrected chi connectivity index (χ0v) is 14.0. The van der Waals surface area contributed by atoms with Gasteiger partial charge in [0.05, 0.1) is 0 Å². The molecule has 3 heterocycles. The Morgan fingerprint density at radius 1 is 0.808 bits per heavy atom. The second kappa shape index (κ2) is 5.09. The minimum absolute atomic E-state index is 0.195. The van der Waals surface area contributed by atoms with Crippen LogP contribution in [-0.4, -0.2) is 6.21 Å². The SMILES string of the molecule is C1=CN=CC(c2cc3oc4ccccc4c3c3c2oc2ccccc23)C1. The number of furan rings is 2. The Morgan fingerprint density at radius 2 is 1.54 bits per heavy atom. The third kappa shape index (κ3) is 1.80. The average molecular weight is 337 g/mol. The highest BCUT2D eigenvalue weighted by Crippen LogP contribution is 2.43. The second-order valence-corrected chi connectivity index (χ2v) is 6.76. The highest BCUT2D eigenvalue weighted by atomic mass is 16.3. The molecule has 1 atom stereocenters. The normalized spacial score (nSPS) is 17.2. The number of benzene rings is 3. The van der Waals surface area contributed by atoms with E-state index >= 15 is 0 Å². The van der Waals surface area contributed by atoms with Gasteiger partial charge in [0.1, 0.15) is 22.3 Å². The standard InChI is InChI=1S/C23H15NO2/c1-3-9-18-15(7-1)21-20(25-18)12-17(14-6-5-11-24-13-14)23-22(21)16-8-2-4-10-19(16)26-23/h1-5,7-14H,6H2. The lowest BCUT2D eigenvalue weighted by Crippen LogP contribution is -2.02. The van der Waals surface area contributed by atoms with Gasteiger partial charge in [-0.1, -0.05) is 42.5 Å². The Hall–Kier alpha value is -3.33. The Labute approximate surface area is 149 Å². The van der Waals surface area contributed by atoms with Gasteiger partial charge in [0.15, 0.2) is 0 Å². The van der Waals surface area contributed by atoms with Gasteiger partial charge in [-0.15, -0.1) is 0 Å². The summed E-state index contributed by atoms with van der Waals surface area (Å²) in [6, 6.07) is 18.6. The number of allylic oxidation sites excluding steroid dienone is 1. The molecule has 6 rings (SSSR count). The summed E-state index contributed by atoms with van der Waals surface area (Å²) in [5.41, 5.74) is 4.80. The fourth-order valence-electron chi connectivity index (χ4n) is 4.09. The molecule has 3 heteroatoms. The van der Waals surface area contributed by atoms with Crippen LogP contribution in [0.2, 0.25) is 0 Å². The second-order valence-electron chi connectivity index (χ2n) is 6.76. The van der Waals surface area contributed by atoms with E-state index in [4.69, 9.17) is 8.83 Å². The Balaban J connectivity index is 1.85. The van der Waals surface area contributed by atoms with E-state index < -0.39 is 0 Å². The van der Waals surface area contributed by atoms with Crippen LogP contribution in [0, 0.1) is 0 Å². The van der Waals surface area contributed by atoms with Crippen molar-refractivity contribution in [2.75, 3.05) is 0 Å². The van der Waals surface area contributed by atoms with Gasteiger partial charge < -0.3 is 8.83 Å². The topological polar surface area (TPSA) is 38.6 Å². The molecule has 0 saturated heterocycles. The van der Waals surface area contributed by atoms with Gasteiger partial charge in [0.2, 0.25) is 0 Å². The monoisotopic (exact) mass is 337 g/mol. The van der Waals surface area contributed by atoms with Crippen LogP contribution in [0.15, 0.2) is 80.7 Å². The first-order valence-corrected chi connectivity index (χ1v) is 8.84. The van der Waals surface area contributed by atoms with E-state index in [1.165, 1.54) is 0 Å². The summed E-state index contributed by atoms with van der Waals surface area (Å²) in [7, 11) is 0. The van der Waals surface area contributed by atoms with Crippen molar-refractivity contribution in [1.29, 1.82) is 0 Å². The maximum absolute atomic E-state index is 6.34. The molecule has 0 bridgehead atoms. The summed E-state index contributed by atoms with van der Waals surface area (Å²) >= 11 is 0. The van der Waals surface area contributed by atoms with Crippen LogP contribution in [0.4, 0.5) is 0 Å². The van der Waals surface area contributed by atoms with Crippen LogP contribution < -0.4 is 0 Å². The molecule has 1 aliphatic rings. The average Bonchev–Trinajstić information content (AvgIpc) is 3.26. The number of rotatable bonds is 1. The molecule has 0 spiro atoms. The molecule has 3 aromatic carbocycles. The van der Waals surface area contributed by atoms with E-state index in [9.17, 15) is 0 Å². The highest BCUT2D eigenvalue weighted by molar-refractivity contribution is 6.26. The minimum Gasteiger partial charge on any atom is -0.456 e. The third-order valence-electron chi connectivity index (χ3n) is 5.26. The molecule has 0 saturated carbocycles. The molecule has 1 unspecified atom stereocenters. The van der Waals surface area contributed by atoms with Crippen molar-refractivity contribution in [2.45, 2.75) is 12.3 Å². The zero-order valence-electron chi connectivity index (χ0n) is 14.0. The number of para-hydroxylation sites is 2. The first-order valence-electron chi connectivity index (χ1n) is 8.84. The predicted octanol–water partition coefficient (Wildman–Crippen LogP) is 6.56. The van der Waals surface area contributed by atoms with E-state index in [2.05, 4.69) is 41.4 Å². The van der Waals surface area contributed by atoms with Crippen molar-refractivity contribution >= 4 is 50.1 Å². The molecule has 0 aliphatic carbocycles. The van der Waals surface area contributed by atoms with Crippen LogP contribution in [0.1, 0.15) is 17.9 Å². The van der Waals surface area contributed by atoms with Crippen molar-refractivity contribution in [3.8, 4) is 0 Å². The van der Waals surface area contributed by atoms with Gasteiger partial charge in [-0.3, -0.25) is 4.99 Å².